The number of rotatable bonds is 8. The smallest absolute Gasteiger partial charge is 0.145 e. The summed E-state index contributed by atoms with van der Waals surface area (Å²) in [4.78, 5) is 5.50. The number of halogens is 1. The molecule has 0 spiro atoms. The zero-order valence-corrected chi connectivity index (χ0v) is 19.7. The Labute approximate surface area is 199 Å². The van der Waals surface area contributed by atoms with Crippen LogP contribution in [0.1, 0.15) is 23.7 Å². The van der Waals surface area contributed by atoms with Crippen LogP contribution < -0.4 is 9.47 Å². The molecule has 0 saturated carbocycles. The predicted molar refractivity (Wildman–Crippen MR) is 132 cm³/mol. The monoisotopic (exact) mass is 458 g/mol. The van der Waals surface area contributed by atoms with E-state index in [0.29, 0.717) is 11.3 Å². The third-order valence-corrected chi connectivity index (χ3v) is 5.71. The van der Waals surface area contributed by atoms with Gasteiger partial charge in [0.2, 0.25) is 0 Å². The SMILES string of the molecule is COc1ccc(-n2c(-c3cccc(OC)c3)cc(/C(C)=N/OCc3ccccc3F)c2C)cc1. The van der Waals surface area contributed by atoms with Gasteiger partial charge < -0.3 is 18.9 Å². The van der Waals surface area contributed by atoms with Crippen LogP contribution in [0.2, 0.25) is 0 Å². The summed E-state index contributed by atoms with van der Waals surface area (Å²) >= 11 is 0. The number of nitrogens with zero attached hydrogens (tertiary/aromatic N) is 2. The second kappa shape index (κ2) is 10.3. The van der Waals surface area contributed by atoms with Crippen molar-refractivity contribution in [1.82, 2.24) is 4.57 Å². The fourth-order valence-electron chi connectivity index (χ4n) is 3.90. The third-order valence-electron chi connectivity index (χ3n) is 5.71. The van der Waals surface area contributed by atoms with Gasteiger partial charge >= 0.3 is 0 Å². The van der Waals surface area contributed by atoms with Crippen molar-refractivity contribution in [2.75, 3.05) is 14.2 Å². The molecule has 4 aromatic rings. The maximum atomic E-state index is 13.9. The van der Waals surface area contributed by atoms with Gasteiger partial charge in [0, 0.05) is 28.1 Å². The van der Waals surface area contributed by atoms with Crippen LogP contribution >= 0.6 is 0 Å². The molecule has 0 atom stereocenters. The van der Waals surface area contributed by atoms with E-state index in [2.05, 4.69) is 15.8 Å². The highest BCUT2D eigenvalue weighted by Crippen LogP contribution is 2.32. The molecule has 34 heavy (non-hydrogen) atoms. The lowest BCUT2D eigenvalue weighted by Gasteiger charge is -2.13. The fourth-order valence-corrected chi connectivity index (χ4v) is 3.90. The molecule has 0 saturated heterocycles. The van der Waals surface area contributed by atoms with E-state index in [1.807, 2.05) is 62.4 Å². The first-order valence-electron chi connectivity index (χ1n) is 10.9. The molecule has 0 aliphatic rings. The van der Waals surface area contributed by atoms with Crippen molar-refractivity contribution in [3.05, 3.63) is 102 Å². The van der Waals surface area contributed by atoms with Gasteiger partial charge in [-0.25, -0.2) is 4.39 Å². The summed E-state index contributed by atoms with van der Waals surface area (Å²) < 4.78 is 26.8. The summed E-state index contributed by atoms with van der Waals surface area (Å²) in [5.74, 6) is 1.26. The van der Waals surface area contributed by atoms with E-state index in [4.69, 9.17) is 14.3 Å². The van der Waals surface area contributed by atoms with Crippen LogP contribution in [0.3, 0.4) is 0 Å². The second-order valence-corrected chi connectivity index (χ2v) is 7.84. The lowest BCUT2D eigenvalue weighted by Crippen LogP contribution is -2.03. The summed E-state index contributed by atoms with van der Waals surface area (Å²) in [6.07, 6.45) is 0. The first-order valence-corrected chi connectivity index (χ1v) is 10.9. The standard InChI is InChI=1S/C28H27FN2O3/c1-19(30-34-18-22-8-5-6-11-27(22)29)26-17-28(21-9-7-10-25(16-21)33-4)31(20(26)2)23-12-14-24(32-3)15-13-23/h5-17H,18H2,1-4H3/b30-19+. The molecule has 0 unspecified atom stereocenters. The van der Waals surface area contributed by atoms with Crippen LogP contribution in [0, 0.1) is 12.7 Å². The zero-order valence-electron chi connectivity index (χ0n) is 19.7. The molecule has 0 aliphatic carbocycles. The van der Waals surface area contributed by atoms with E-state index in [0.717, 1.165) is 39.7 Å². The van der Waals surface area contributed by atoms with Crippen LogP contribution in [0.15, 0.2) is 84.0 Å². The van der Waals surface area contributed by atoms with Crippen molar-refractivity contribution in [3.8, 4) is 28.4 Å². The van der Waals surface area contributed by atoms with Gasteiger partial charge in [-0.05, 0) is 62.4 Å². The number of benzene rings is 3. The Bertz CT molecular complexity index is 1310. The van der Waals surface area contributed by atoms with Crippen molar-refractivity contribution in [2.24, 2.45) is 5.16 Å². The molecule has 1 aromatic heterocycles. The highest BCUT2D eigenvalue weighted by Gasteiger charge is 2.18. The highest BCUT2D eigenvalue weighted by molar-refractivity contribution is 6.01. The van der Waals surface area contributed by atoms with E-state index >= 15 is 0 Å². The van der Waals surface area contributed by atoms with E-state index in [-0.39, 0.29) is 12.4 Å². The minimum atomic E-state index is -0.308. The van der Waals surface area contributed by atoms with E-state index in [1.54, 1.807) is 32.4 Å². The number of methoxy groups -OCH3 is 2. The summed E-state index contributed by atoms with van der Waals surface area (Å²) in [6, 6.07) is 24.4. The maximum Gasteiger partial charge on any atom is 0.145 e. The lowest BCUT2D eigenvalue weighted by atomic mass is 10.1. The first-order chi connectivity index (χ1) is 16.5. The fraction of sp³-hybridized carbons (Fsp3) is 0.179. The number of hydrogen-bond acceptors (Lipinski definition) is 4. The Morgan fingerprint density at radius 3 is 2.32 bits per heavy atom. The molecular formula is C28H27FN2O3. The minimum absolute atomic E-state index is 0.0605. The van der Waals surface area contributed by atoms with Gasteiger partial charge in [-0.1, -0.05) is 35.5 Å². The lowest BCUT2D eigenvalue weighted by molar-refractivity contribution is 0.128. The predicted octanol–water partition coefficient (Wildman–Crippen LogP) is 6.55. The molecule has 4 rings (SSSR count). The average Bonchev–Trinajstić information content (AvgIpc) is 3.22. The number of oxime groups is 1. The molecule has 0 bridgehead atoms. The second-order valence-electron chi connectivity index (χ2n) is 7.84. The Kier molecular flexibility index (Phi) is 6.97. The zero-order chi connectivity index (χ0) is 24.1. The summed E-state index contributed by atoms with van der Waals surface area (Å²) in [6.45, 7) is 3.99. The Hall–Kier alpha value is -4.06. The summed E-state index contributed by atoms with van der Waals surface area (Å²) in [7, 11) is 3.30. The number of ether oxygens (including phenoxy) is 2. The van der Waals surface area contributed by atoms with Crippen LogP contribution in [0.25, 0.3) is 16.9 Å². The minimum Gasteiger partial charge on any atom is -0.497 e. The van der Waals surface area contributed by atoms with Gasteiger partial charge in [0.25, 0.3) is 0 Å². The Morgan fingerprint density at radius 1 is 0.882 bits per heavy atom. The van der Waals surface area contributed by atoms with Crippen molar-refractivity contribution in [3.63, 3.8) is 0 Å². The van der Waals surface area contributed by atoms with E-state index in [9.17, 15) is 4.39 Å². The molecule has 0 aliphatic heterocycles. The molecule has 174 valence electrons. The molecule has 0 N–H and O–H groups in total. The largest absolute Gasteiger partial charge is 0.497 e. The first kappa shape index (κ1) is 23.1. The quantitative estimate of drug-likeness (QED) is 0.222. The van der Waals surface area contributed by atoms with Crippen LogP contribution in [-0.4, -0.2) is 24.5 Å². The Morgan fingerprint density at radius 2 is 1.62 bits per heavy atom. The van der Waals surface area contributed by atoms with Gasteiger partial charge in [-0.15, -0.1) is 0 Å². The van der Waals surface area contributed by atoms with Crippen LogP contribution in [-0.2, 0) is 11.4 Å². The third kappa shape index (κ3) is 4.81. The van der Waals surface area contributed by atoms with Gasteiger partial charge in [0.05, 0.1) is 25.6 Å². The molecule has 6 heteroatoms. The molecule has 5 nitrogen and oxygen atoms in total. The molecule has 1 heterocycles. The summed E-state index contributed by atoms with van der Waals surface area (Å²) in [5, 5.41) is 4.29. The number of aromatic nitrogens is 1. The molecular weight excluding hydrogens is 431 g/mol. The maximum absolute atomic E-state index is 13.9. The van der Waals surface area contributed by atoms with Gasteiger partial charge in [0.1, 0.15) is 23.9 Å². The van der Waals surface area contributed by atoms with Crippen LogP contribution in [0.4, 0.5) is 4.39 Å². The number of hydrogen-bond donors (Lipinski definition) is 0. The Balaban J connectivity index is 1.74. The normalized spacial score (nSPS) is 11.4. The molecule has 0 radical (unpaired) electrons. The van der Waals surface area contributed by atoms with Crippen molar-refractivity contribution < 1.29 is 18.7 Å². The van der Waals surface area contributed by atoms with E-state index in [1.165, 1.54) is 6.07 Å². The average molecular weight is 459 g/mol. The van der Waals surface area contributed by atoms with Crippen molar-refractivity contribution in [2.45, 2.75) is 20.5 Å². The van der Waals surface area contributed by atoms with Gasteiger partial charge in [-0.3, -0.25) is 0 Å². The molecule has 0 amide bonds. The van der Waals surface area contributed by atoms with Crippen molar-refractivity contribution in [1.29, 1.82) is 0 Å². The summed E-state index contributed by atoms with van der Waals surface area (Å²) in [5.41, 5.74) is 6.07. The molecule has 3 aromatic carbocycles. The van der Waals surface area contributed by atoms with E-state index < -0.39 is 0 Å². The topological polar surface area (TPSA) is 45.0 Å². The van der Waals surface area contributed by atoms with Gasteiger partial charge in [0.15, 0.2) is 0 Å². The highest BCUT2D eigenvalue weighted by atomic mass is 19.1. The van der Waals surface area contributed by atoms with Crippen LogP contribution in [0.5, 0.6) is 11.5 Å². The van der Waals surface area contributed by atoms with Gasteiger partial charge in [-0.2, -0.15) is 0 Å². The van der Waals surface area contributed by atoms with Crippen molar-refractivity contribution >= 4 is 5.71 Å². The molecule has 0 fully saturated rings.